The molecule has 8 nitrogen and oxygen atoms in total. The molecule has 0 aliphatic rings. The van der Waals surface area contributed by atoms with Crippen molar-refractivity contribution in [3.63, 3.8) is 0 Å². The van der Waals surface area contributed by atoms with Crippen LogP contribution in [-0.2, 0) is 4.79 Å². The van der Waals surface area contributed by atoms with Crippen LogP contribution in [0.5, 0.6) is 0 Å². The minimum absolute atomic E-state index is 0.105. The van der Waals surface area contributed by atoms with Crippen molar-refractivity contribution in [2.75, 3.05) is 16.4 Å². The zero-order chi connectivity index (χ0) is 22.3. The zero-order valence-corrected chi connectivity index (χ0v) is 18.1. The van der Waals surface area contributed by atoms with Crippen LogP contribution in [0.3, 0.4) is 0 Å². The average Bonchev–Trinajstić information content (AvgIpc) is 3.28. The molecule has 160 valence electrons. The highest BCUT2D eigenvalue weighted by atomic mass is 35.5. The molecule has 4 rings (SSSR count). The van der Waals surface area contributed by atoms with Crippen molar-refractivity contribution in [3.8, 4) is 11.5 Å². The first-order valence-electron chi connectivity index (χ1n) is 9.40. The molecule has 0 aliphatic heterocycles. The lowest BCUT2D eigenvalue weighted by Gasteiger charge is -2.05. The molecule has 0 bridgehead atoms. The Morgan fingerprint density at radius 1 is 0.969 bits per heavy atom. The van der Waals surface area contributed by atoms with E-state index in [0.717, 1.165) is 11.8 Å². The second-order valence-electron chi connectivity index (χ2n) is 6.49. The first-order chi connectivity index (χ1) is 15.6. The maximum atomic E-state index is 12.2. The normalized spacial score (nSPS) is 10.5. The second kappa shape index (κ2) is 10.1. The number of aromatic nitrogens is 3. The molecule has 0 saturated carbocycles. The van der Waals surface area contributed by atoms with Crippen molar-refractivity contribution in [3.05, 3.63) is 83.6 Å². The Labute approximate surface area is 192 Å². The summed E-state index contributed by atoms with van der Waals surface area (Å²) in [7, 11) is 0. The predicted octanol–water partition coefficient (Wildman–Crippen LogP) is 4.77. The summed E-state index contributed by atoms with van der Waals surface area (Å²) in [6.45, 7) is 0. The maximum absolute atomic E-state index is 12.2. The van der Waals surface area contributed by atoms with Gasteiger partial charge < -0.3 is 15.1 Å². The van der Waals surface area contributed by atoms with Gasteiger partial charge in [0, 0.05) is 34.4 Å². The highest BCUT2D eigenvalue weighted by Gasteiger charge is 2.12. The summed E-state index contributed by atoms with van der Waals surface area (Å²) in [5.74, 6) is -0.0509. The van der Waals surface area contributed by atoms with Crippen molar-refractivity contribution in [1.82, 2.24) is 15.2 Å². The SMILES string of the molecule is O=C(CSc1nnc(-c2ccc(NC(=O)c3cccnc3)cc2)o1)Nc1cccc(Cl)c1. The molecule has 0 atom stereocenters. The highest BCUT2D eigenvalue weighted by Crippen LogP contribution is 2.25. The Balaban J connectivity index is 1.32. The summed E-state index contributed by atoms with van der Waals surface area (Å²) in [5, 5.41) is 14.3. The first kappa shape index (κ1) is 21.5. The molecule has 0 radical (unpaired) electrons. The lowest BCUT2D eigenvalue weighted by Crippen LogP contribution is -2.13. The zero-order valence-electron chi connectivity index (χ0n) is 16.5. The average molecular weight is 466 g/mol. The summed E-state index contributed by atoms with van der Waals surface area (Å²) >= 11 is 7.04. The van der Waals surface area contributed by atoms with Crippen LogP contribution in [0.2, 0.25) is 5.02 Å². The molecule has 0 fully saturated rings. The van der Waals surface area contributed by atoms with E-state index in [9.17, 15) is 9.59 Å². The first-order valence-corrected chi connectivity index (χ1v) is 10.8. The van der Waals surface area contributed by atoms with Crippen LogP contribution in [0, 0.1) is 0 Å². The summed E-state index contributed by atoms with van der Waals surface area (Å²) in [6, 6.07) is 17.3. The van der Waals surface area contributed by atoms with Gasteiger partial charge >= 0.3 is 0 Å². The third kappa shape index (κ3) is 5.71. The number of hydrogen-bond acceptors (Lipinski definition) is 7. The highest BCUT2D eigenvalue weighted by molar-refractivity contribution is 7.99. The standard InChI is InChI=1S/C22H16ClN5O3S/c23-16-4-1-5-18(11-16)25-19(29)13-32-22-28-27-21(31-22)14-6-8-17(9-7-14)26-20(30)15-3-2-10-24-12-15/h1-12H,13H2,(H,25,29)(H,26,30). The molecule has 0 aliphatic carbocycles. The lowest BCUT2D eigenvalue weighted by atomic mass is 10.2. The van der Waals surface area contributed by atoms with Gasteiger partial charge in [-0.25, -0.2) is 0 Å². The Morgan fingerprint density at radius 2 is 1.81 bits per heavy atom. The van der Waals surface area contributed by atoms with Gasteiger partial charge in [0.05, 0.1) is 11.3 Å². The van der Waals surface area contributed by atoms with E-state index in [1.54, 1.807) is 66.9 Å². The van der Waals surface area contributed by atoms with E-state index in [0.29, 0.717) is 33.4 Å². The largest absolute Gasteiger partial charge is 0.411 e. The van der Waals surface area contributed by atoms with Crippen LogP contribution in [0.25, 0.3) is 11.5 Å². The van der Waals surface area contributed by atoms with E-state index in [2.05, 4.69) is 25.8 Å². The van der Waals surface area contributed by atoms with Gasteiger partial charge in [-0.1, -0.05) is 29.4 Å². The monoisotopic (exact) mass is 465 g/mol. The Hall–Kier alpha value is -3.69. The molecule has 2 N–H and O–H groups in total. The number of rotatable bonds is 7. The molecule has 0 spiro atoms. The molecule has 32 heavy (non-hydrogen) atoms. The van der Waals surface area contributed by atoms with Crippen molar-refractivity contribution >= 4 is 46.6 Å². The molecule has 2 aromatic heterocycles. The van der Waals surface area contributed by atoms with E-state index in [1.165, 1.54) is 6.20 Å². The van der Waals surface area contributed by atoms with Gasteiger partial charge in [-0.3, -0.25) is 14.6 Å². The van der Waals surface area contributed by atoms with Crippen molar-refractivity contribution in [1.29, 1.82) is 0 Å². The van der Waals surface area contributed by atoms with Gasteiger partial charge in [-0.05, 0) is 54.6 Å². The minimum atomic E-state index is -0.252. The third-order valence-corrected chi connectivity index (χ3v) is 5.21. The fraction of sp³-hybridized carbons (Fsp3) is 0.0455. The number of anilines is 2. The van der Waals surface area contributed by atoms with Gasteiger partial charge in [-0.2, -0.15) is 0 Å². The van der Waals surface area contributed by atoms with E-state index < -0.39 is 0 Å². The van der Waals surface area contributed by atoms with Crippen LogP contribution in [0.1, 0.15) is 10.4 Å². The lowest BCUT2D eigenvalue weighted by molar-refractivity contribution is -0.113. The Morgan fingerprint density at radius 3 is 2.56 bits per heavy atom. The van der Waals surface area contributed by atoms with Gasteiger partial charge in [0.15, 0.2) is 0 Å². The number of halogens is 1. The number of nitrogens with one attached hydrogen (secondary N) is 2. The smallest absolute Gasteiger partial charge is 0.277 e. The number of benzene rings is 2. The van der Waals surface area contributed by atoms with Gasteiger partial charge in [0.1, 0.15) is 0 Å². The molecule has 10 heteroatoms. The summed E-state index contributed by atoms with van der Waals surface area (Å²) < 4.78 is 5.62. The second-order valence-corrected chi connectivity index (χ2v) is 7.86. The van der Waals surface area contributed by atoms with Crippen molar-refractivity contribution < 1.29 is 14.0 Å². The predicted molar refractivity (Wildman–Crippen MR) is 123 cm³/mol. The fourth-order valence-corrected chi connectivity index (χ4v) is 3.43. The maximum Gasteiger partial charge on any atom is 0.277 e. The van der Waals surface area contributed by atoms with Crippen LogP contribution < -0.4 is 10.6 Å². The van der Waals surface area contributed by atoms with Crippen LogP contribution in [0.4, 0.5) is 11.4 Å². The molecule has 4 aromatic rings. The molecular weight excluding hydrogens is 450 g/mol. The number of nitrogens with zero attached hydrogens (tertiary/aromatic N) is 3. The molecule has 2 aromatic carbocycles. The number of hydrogen-bond donors (Lipinski definition) is 2. The quantitative estimate of drug-likeness (QED) is 0.378. The number of pyridine rings is 1. The number of thioether (sulfide) groups is 1. The van der Waals surface area contributed by atoms with Crippen LogP contribution >= 0.6 is 23.4 Å². The van der Waals surface area contributed by atoms with Gasteiger partial charge in [0.2, 0.25) is 11.8 Å². The third-order valence-electron chi connectivity index (χ3n) is 4.16. The van der Waals surface area contributed by atoms with Gasteiger partial charge in [0.25, 0.3) is 11.1 Å². The van der Waals surface area contributed by atoms with Crippen LogP contribution in [0.15, 0.2) is 82.7 Å². The van der Waals surface area contributed by atoms with Crippen molar-refractivity contribution in [2.24, 2.45) is 0 Å². The Bertz CT molecular complexity index is 1230. The molecule has 2 heterocycles. The van der Waals surface area contributed by atoms with E-state index in [-0.39, 0.29) is 22.8 Å². The molecule has 2 amide bonds. The minimum Gasteiger partial charge on any atom is -0.411 e. The van der Waals surface area contributed by atoms with Crippen LogP contribution in [-0.4, -0.2) is 32.7 Å². The molecule has 0 saturated heterocycles. The number of carbonyl (C=O) groups is 2. The summed E-state index contributed by atoms with van der Waals surface area (Å²) in [5.41, 5.74) is 2.39. The van der Waals surface area contributed by atoms with E-state index >= 15 is 0 Å². The van der Waals surface area contributed by atoms with Crippen molar-refractivity contribution in [2.45, 2.75) is 5.22 Å². The topological polar surface area (TPSA) is 110 Å². The summed E-state index contributed by atoms with van der Waals surface area (Å²) in [4.78, 5) is 28.2. The van der Waals surface area contributed by atoms with E-state index in [4.69, 9.17) is 16.0 Å². The molecular formula is C22H16ClN5O3S. The molecule has 0 unspecified atom stereocenters. The van der Waals surface area contributed by atoms with Gasteiger partial charge in [-0.15, -0.1) is 10.2 Å². The number of amides is 2. The van der Waals surface area contributed by atoms with E-state index in [1.807, 2.05) is 0 Å². The summed E-state index contributed by atoms with van der Waals surface area (Å²) in [6.07, 6.45) is 3.10. The Kier molecular flexibility index (Phi) is 6.78. The number of carbonyl (C=O) groups excluding carboxylic acids is 2. The fourth-order valence-electron chi connectivity index (χ4n) is 2.67.